The molecule has 2 rings (SSSR count). The maximum absolute atomic E-state index is 9.21. The normalized spacial score (nSPS) is 13.9. The van der Waals surface area contributed by atoms with E-state index in [1.54, 1.807) is 0 Å². The van der Waals surface area contributed by atoms with E-state index in [9.17, 15) is 5.26 Å². The van der Waals surface area contributed by atoms with Crippen LogP contribution < -0.4 is 10.1 Å². The molecule has 0 fully saturated rings. The van der Waals surface area contributed by atoms with E-state index in [1.165, 1.54) is 18.4 Å². The lowest BCUT2D eigenvalue weighted by Crippen LogP contribution is -2.25. The maximum atomic E-state index is 9.21. The Morgan fingerprint density at radius 3 is 2.95 bits per heavy atom. The number of fused-ring (bicyclic) bond motifs is 1. The molecule has 0 spiro atoms. The molecule has 20 heavy (non-hydrogen) atoms. The number of pyridine rings is 1. The zero-order chi connectivity index (χ0) is 14.4. The van der Waals surface area contributed by atoms with Gasteiger partial charge in [-0.3, -0.25) is 0 Å². The minimum absolute atomic E-state index is 0.492. The maximum Gasteiger partial charge on any atom is 0.231 e. The van der Waals surface area contributed by atoms with Crippen molar-refractivity contribution in [2.45, 2.75) is 52.0 Å². The van der Waals surface area contributed by atoms with E-state index >= 15 is 0 Å². The standard InChI is InChI=1S/C16H23N3O/c1-12(2)18-8-5-9-20-16-14(11-17)10-13-6-3-4-7-15(13)19-16/h10,12,18H,3-9H2,1-2H3. The Labute approximate surface area is 121 Å². The van der Waals surface area contributed by atoms with E-state index in [0.29, 0.717) is 24.1 Å². The van der Waals surface area contributed by atoms with Crippen molar-refractivity contribution in [3.8, 4) is 11.9 Å². The average Bonchev–Trinajstić information content (AvgIpc) is 2.45. The molecule has 0 aliphatic heterocycles. The van der Waals surface area contributed by atoms with Gasteiger partial charge in [-0.2, -0.15) is 5.26 Å². The van der Waals surface area contributed by atoms with Crippen molar-refractivity contribution in [2.75, 3.05) is 13.2 Å². The van der Waals surface area contributed by atoms with Crippen LogP contribution >= 0.6 is 0 Å². The minimum Gasteiger partial charge on any atom is -0.477 e. The van der Waals surface area contributed by atoms with Crippen molar-refractivity contribution in [1.29, 1.82) is 5.26 Å². The van der Waals surface area contributed by atoms with Crippen molar-refractivity contribution in [1.82, 2.24) is 10.3 Å². The van der Waals surface area contributed by atoms with Crippen LogP contribution in [0.4, 0.5) is 0 Å². The Kier molecular flexibility index (Phi) is 5.37. The van der Waals surface area contributed by atoms with Crippen molar-refractivity contribution in [2.24, 2.45) is 0 Å². The summed E-state index contributed by atoms with van der Waals surface area (Å²) in [6.07, 6.45) is 5.34. The molecule has 0 saturated carbocycles. The van der Waals surface area contributed by atoms with Crippen molar-refractivity contribution >= 4 is 0 Å². The minimum atomic E-state index is 0.492. The fraction of sp³-hybridized carbons (Fsp3) is 0.625. The number of nitrogens with zero attached hydrogens (tertiary/aromatic N) is 2. The van der Waals surface area contributed by atoms with Crippen LogP contribution in [0.2, 0.25) is 0 Å². The van der Waals surface area contributed by atoms with E-state index in [0.717, 1.165) is 31.5 Å². The summed E-state index contributed by atoms with van der Waals surface area (Å²) in [5.41, 5.74) is 2.91. The summed E-state index contributed by atoms with van der Waals surface area (Å²) >= 11 is 0. The summed E-state index contributed by atoms with van der Waals surface area (Å²) in [7, 11) is 0. The summed E-state index contributed by atoms with van der Waals surface area (Å²) in [5.74, 6) is 0.512. The fourth-order valence-corrected chi connectivity index (χ4v) is 2.44. The summed E-state index contributed by atoms with van der Waals surface area (Å²) in [4.78, 5) is 4.55. The van der Waals surface area contributed by atoms with Crippen LogP contribution in [0.25, 0.3) is 0 Å². The van der Waals surface area contributed by atoms with Crippen molar-refractivity contribution in [3.05, 3.63) is 22.9 Å². The van der Waals surface area contributed by atoms with Gasteiger partial charge in [0.1, 0.15) is 11.6 Å². The molecule has 1 heterocycles. The molecule has 0 radical (unpaired) electrons. The van der Waals surface area contributed by atoms with Crippen LogP contribution in [-0.2, 0) is 12.8 Å². The molecule has 0 saturated heterocycles. The van der Waals surface area contributed by atoms with Gasteiger partial charge < -0.3 is 10.1 Å². The first-order valence-corrected chi connectivity index (χ1v) is 7.50. The summed E-state index contributed by atoms with van der Waals surface area (Å²) in [6, 6.07) is 4.66. The molecule has 1 N–H and O–H groups in total. The van der Waals surface area contributed by atoms with Gasteiger partial charge in [0, 0.05) is 11.7 Å². The molecule has 0 unspecified atom stereocenters. The van der Waals surface area contributed by atoms with Gasteiger partial charge >= 0.3 is 0 Å². The second kappa shape index (κ2) is 7.25. The molecule has 1 aromatic heterocycles. The Balaban J connectivity index is 1.95. The van der Waals surface area contributed by atoms with Gasteiger partial charge in [0.2, 0.25) is 5.88 Å². The zero-order valence-electron chi connectivity index (χ0n) is 12.4. The van der Waals surface area contributed by atoms with Gasteiger partial charge in [-0.1, -0.05) is 13.8 Å². The lowest BCUT2D eigenvalue weighted by atomic mass is 9.95. The lowest BCUT2D eigenvalue weighted by Gasteiger charge is -2.17. The van der Waals surface area contributed by atoms with Gasteiger partial charge in [-0.05, 0) is 50.3 Å². The lowest BCUT2D eigenvalue weighted by molar-refractivity contribution is 0.293. The number of nitriles is 1. The highest BCUT2D eigenvalue weighted by molar-refractivity contribution is 5.43. The number of hydrogen-bond acceptors (Lipinski definition) is 4. The third-order valence-electron chi connectivity index (χ3n) is 3.50. The van der Waals surface area contributed by atoms with Crippen LogP contribution in [0.3, 0.4) is 0 Å². The summed E-state index contributed by atoms with van der Waals surface area (Å²) in [5, 5.41) is 12.6. The molecule has 0 bridgehead atoms. The smallest absolute Gasteiger partial charge is 0.231 e. The Morgan fingerprint density at radius 1 is 1.40 bits per heavy atom. The number of hydrogen-bond donors (Lipinski definition) is 1. The molecular weight excluding hydrogens is 250 g/mol. The predicted molar refractivity (Wildman–Crippen MR) is 78.8 cm³/mol. The number of aromatic nitrogens is 1. The van der Waals surface area contributed by atoms with E-state index in [1.807, 2.05) is 6.07 Å². The molecule has 1 aliphatic rings. The molecule has 1 aromatic rings. The van der Waals surface area contributed by atoms with Crippen LogP contribution in [0, 0.1) is 11.3 Å². The van der Waals surface area contributed by atoms with Crippen molar-refractivity contribution in [3.63, 3.8) is 0 Å². The third-order valence-corrected chi connectivity index (χ3v) is 3.50. The Hall–Kier alpha value is -1.60. The highest BCUT2D eigenvalue weighted by Crippen LogP contribution is 2.25. The molecule has 0 amide bonds. The number of aryl methyl sites for hydroxylation is 2. The zero-order valence-corrected chi connectivity index (χ0v) is 12.4. The van der Waals surface area contributed by atoms with Gasteiger partial charge in [0.15, 0.2) is 0 Å². The monoisotopic (exact) mass is 273 g/mol. The quantitative estimate of drug-likeness (QED) is 0.809. The van der Waals surface area contributed by atoms with E-state index in [2.05, 4.69) is 30.2 Å². The molecule has 4 heteroatoms. The second-order valence-electron chi connectivity index (χ2n) is 5.58. The summed E-state index contributed by atoms with van der Waals surface area (Å²) < 4.78 is 5.70. The van der Waals surface area contributed by atoms with E-state index < -0.39 is 0 Å². The van der Waals surface area contributed by atoms with Crippen LogP contribution in [-0.4, -0.2) is 24.2 Å². The average molecular weight is 273 g/mol. The van der Waals surface area contributed by atoms with Crippen LogP contribution in [0.5, 0.6) is 5.88 Å². The first-order chi connectivity index (χ1) is 9.70. The summed E-state index contributed by atoms with van der Waals surface area (Å²) in [6.45, 7) is 5.77. The second-order valence-corrected chi connectivity index (χ2v) is 5.58. The highest BCUT2D eigenvalue weighted by Gasteiger charge is 2.15. The number of nitrogens with one attached hydrogen (secondary N) is 1. The largest absolute Gasteiger partial charge is 0.477 e. The molecular formula is C16H23N3O. The van der Waals surface area contributed by atoms with Gasteiger partial charge in [-0.15, -0.1) is 0 Å². The number of ether oxygens (including phenoxy) is 1. The first kappa shape index (κ1) is 14.8. The van der Waals surface area contributed by atoms with Gasteiger partial charge in [0.05, 0.1) is 6.61 Å². The molecule has 108 valence electrons. The Morgan fingerprint density at radius 2 is 2.20 bits per heavy atom. The van der Waals surface area contributed by atoms with Crippen LogP contribution in [0.15, 0.2) is 6.07 Å². The fourth-order valence-electron chi connectivity index (χ4n) is 2.44. The molecule has 4 nitrogen and oxygen atoms in total. The number of rotatable bonds is 6. The van der Waals surface area contributed by atoms with E-state index in [4.69, 9.17) is 4.74 Å². The molecule has 1 aliphatic carbocycles. The topological polar surface area (TPSA) is 57.9 Å². The van der Waals surface area contributed by atoms with E-state index in [-0.39, 0.29) is 0 Å². The first-order valence-electron chi connectivity index (χ1n) is 7.50. The van der Waals surface area contributed by atoms with Crippen LogP contribution in [0.1, 0.15) is 49.9 Å². The predicted octanol–water partition coefficient (Wildman–Crippen LogP) is 2.60. The molecule has 0 atom stereocenters. The molecule has 0 aromatic carbocycles. The van der Waals surface area contributed by atoms with Crippen molar-refractivity contribution < 1.29 is 4.74 Å². The SMILES string of the molecule is CC(C)NCCCOc1nc2c(cc1C#N)CCCC2. The van der Waals surface area contributed by atoms with Gasteiger partial charge in [-0.25, -0.2) is 4.98 Å². The third kappa shape index (κ3) is 3.94. The Bertz CT molecular complexity index is 491. The highest BCUT2D eigenvalue weighted by atomic mass is 16.5. The van der Waals surface area contributed by atoms with Gasteiger partial charge in [0.25, 0.3) is 0 Å².